The van der Waals surface area contributed by atoms with Gasteiger partial charge in [0.1, 0.15) is 0 Å². The van der Waals surface area contributed by atoms with Crippen LogP contribution in [0.1, 0.15) is 71.6 Å². The lowest BCUT2D eigenvalue weighted by Gasteiger charge is -2.03. The minimum atomic E-state index is 0.419. The van der Waals surface area contributed by atoms with Crippen molar-refractivity contribution in [2.24, 2.45) is 0 Å². The van der Waals surface area contributed by atoms with Crippen molar-refractivity contribution >= 4 is 15.9 Å². The number of alkyl halides is 1. The Kier molecular flexibility index (Phi) is 12.1. The molecule has 0 aromatic rings. The van der Waals surface area contributed by atoms with Crippen LogP contribution in [0.15, 0.2) is 0 Å². The smallest absolute Gasteiger partial charge is 0.0754 e. The van der Waals surface area contributed by atoms with E-state index in [2.05, 4.69) is 34.7 Å². The summed E-state index contributed by atoms with van der Waals surface area (Å²) in [5.74, 6) is 6.08. The second-order valence-electron chi connectivity index (χ2n) is 4.13. The number of hydrogen-bond acceptors (Lipinski definition) is 0. The van der Waals surface area contributed by atoms with E-state index >= 15 is 0 Å². The highest BCUT2D eigenvalue weighted by Gasteiger charge is 1.98. The minimum absolute atomic E-state index is 0.419. The molecule has 0 aromatic heterocycles. The van der Waals surface area contributed by atoms with Gasteiger partial charge >= 0.3 is 0 Å². The molecule has 0 aromatic carbocycles. The van der Waals surface area contributed by atoms with Crippen LogP contribution in [0.2, 0.25) is 0 Å². The lowest BCUT2D eigenvalue weighted by molar-refractivity contribution is 0.569. The summed E-state index contributed by atoms with van der Waals surface area (Å²) in [6, 6.07) is 0. The summed E-state index contributed by atoms with van der Waals surface area (Å²) in [4.78, 5) is 0.419. The van der Waals surface area contributed by atoms with Gasteiger partial charge in [-0.05, 0) is 13.3 Å². The van der Waals surface area contributed by atoms with Gasteiger partial charge in [-0.2, -0.15) is 0 Å². The molecule has 88 valence electrons. The highest BCUT2D eigenvalue weighted by atomic mass is 79.9. The van der Waals surface area contributed by atoms with Gasteiger partial charge in [0.05, 0.1) is 4.83 Å². The van der Waals surface area contributed by atoms with Gasteiger partial charge in [0.15, 0.2) is 0 Å². The van der Waals surface area contributed by atoms with Gasteiger partial charge in [0.2, 0.25) is 0 Å². The average Bonchev–Trinajstić information content (AvgIpc) is 2.22. The maximum absolute atomic E-state index is 3.57. The van der Waals surface area contributed by atoms with E-state index in [0.717, 1.165) is 0 Å². The quantitative estimate of drug-likeness (QED) is 0.303. The van der Waals surface area contributed by atoms with E-state index in [9.17, 15) is 0 Å². The zero-order valence-electron chi connectivity index (χ0n) is 10.3. The molecule has 1 atom stereocenters. The molecule has 0 aliphatic carbocycles. The number of rotatable bonds is 9. The highest BCUT2D eigenvalue weighted by molar-refractivity contribution is 9.09. The molecule has 0 fully saturated rings. The third kappa shape index (κ3) is 12.0. The van der Waals surface area contributed by atoms with Gasteiger partial charge < -0.3 is 0 Å². The first kappa shape index (κ1) is 15.0. The first-order valence-electron chi connectivity index (χ1n) is 6.37. The molecule has 0 nitrogen and oxygen atoms in total. The standard InChI is InChI=1S/C14H25Br/c1-3-5-6-7-8-9-10-11-13-14(15)12-4-2/h14H,3,5-11,13H2,1-2H3. The van der Waals surface area contributed by atoms with Gasteiger partial charge in [0.25, 0.3) is 0 Å². The van der Waals surface area contributed by atoms with E-state index < -0.39 is 0 Å². The highest BCUT2D eigenvalue weighted by Crippen LogP contribution is 2.13. The van der Waals surface area contributed by atoms with Crippen LogP contribution < -0.4 is 0 Å². The Morgan fingerprint density at radius 1 is 0.933 bits per heavy atom. The molecular formula is C14H25Br. The molecule has 0 heterocycles. The Labute approximate surface area is 104 Å². The number of halogens is 1. The predicted molar refractivity (Wildman–Crippen MR) is 73.4 cm³/mol. The maximum atomic E-state index is 3.57. The largest absolute Gasteiger partial charge is 0.106 e. The summed E-state index contributed by atoms with van der Waals surface area (Å²) in [5, 5.41) is 0. The van der Waals surface area contributed by atoms with Crippen LogP contribution >= 0.6 is 15.9 Å². The molecule has 0 saturated carbocycles. The fourth-order valence-electron chi connectivity index (χ4n) is 1.69. The molecule has 1 unspecified atom stereocenters. The Morgan fingerprint density at radius 3 is 2.00 bits per heavy atom. The van der Waals surface area contributed by atoms with Crippen LogP contribution in [0, 0.1) is 11.8 Å². The predicted octanol–water partition coefficient (Wildman–Crippen LogP) is 5.30. The van der Waals surface area contributed by atoms with Crippen molar-refractivity contribution in [2.45, 2.75) is 76.5 Å². The lowest BCUT2D eigenvalue weighted by Crippen LogP contribution is -1.92. The van der Waals surface area contributed by atoms with Gasteiger partial charge in [0, 0.05) is 0 Å². The molecule has 1 heteroatoms. The van der Waals surface area contributed by atoms with E-state index in [0.29, 0.717) is 4.83 Å². The molecule has 15 heavy (non-hydrogen) atoms. The van der Waals surface area contributed by atoms with Gasteiger partial charge in [-0.25, -0.2) is 0 Å². The zero-order chi connectivity index (χ0) is 11.4. The van der Waals surface area contributed by atoms with Crippen LogP contribution in [0.4, 0.5) is 0 Å². The van der Waals surface area contributed by atoms with Crippen LogP contribution in [-0.2, 0) is 0 Å². The Hall–Kier alpha value is 0.0400. The van der Waals surface area contributed by atoms with E-state index in [1.54, 1.807) is 0 Å². The maximum Gasteiger partial charge on any atom is 0.0754 e. The van der Waals surface area contributed by atoms with Crippen molar-refractivity contribution in [2.75, 3.05) is 0 Å². The van der Waals surface area contributed by atoms with Crippen LogP contribution in [-0.4, -0.2) is 4.83 Å². The molecule has 0 spiro atoms. The van der Waals surface area contributed by atoms with Crippen molar-refractivity contribution in [1.82, 2.24) is 0 Å². The SMILES string of the molecule is CC#CC(Br)CCCCCCCCCC. The summed E-state index contributed by atoms with van der Waals surface area (Å²) in [6.07, 6.45) is 12.3. The van der Waals surface area contributed by atoms with Crippen molar-refractivity contribution in [3.8, 4) is 11.8 Å². The summed E-state index contributed by atoms with van der Waals surface area (Å²) in [7, 11) is 0. The molecule has 0 rings (SSSR count). The molecule has 0 radical (unpaired) electrons. The number of hydrogen-bond donors (Lipinski definition) is 0. The second-order valence-corrected chi connectivity index (χ2v) is 5.23. The van der Waals surface area contributed by atoms with E-state index in [-0.39, 0.29) is 0 Å². The molecule has 0 amide bonds. The van der Waals surface area contributed by atoms with Crippen molar-refractivity contribution < 1.29 is 0 Å². The zero-order valence-corrected chi connectivity index (χ0v) is 11.9. The molecule has 0 N–H and O–H groups in total. The van der Waals surface area contributed by atoms with Crippen molar-refractivity contribution in [3.05, 3.63) is 0 Å². The third-order valence-electron chi connectivity index (χ3n) is 2.61. The normalized spacial score (nSPS) is 11.9. The number of unbranched alkanes of at least 4 members (excludes halogenated alkanes) is 7. The van der Waals surface area contributed by atoms with Crippen molar-refractivity contribution in [3.63, 3.8) is 0 Å². The minimum Gasteiger partial charge on any atom is -0.106 e. The fourth-order valence-corrected chi connectivity index (χ4v) is 2.24. The molecule has 0 bridgehead atoms. The molecule has 0 aliphatic heterocycles. The molecule has 0 aliphatic rings. The monoisotopic (exact) mass is 272 g/mol. The second kappa shape index (κ2) is 12.1. The van der Waals surface area contributed by atoms with Gasteiger partial charge in [-0.3, -0.25) is 0 Å². The third-order valence-corrected chi connectivity index (χ3v) is 3.30. The summed E-state index contributed by atoms with van der Waals surface area (Å²) >= 11 is 3.57. The molecule has 0 saturated heterocycles. The lowest BCUT2D eigenvalue weighted by atomic mass is 10.1. The first-order chi connectivity index (χ1) is 7.31. The fraction of sp³-hybridized carbons (Fsp3) is 0.857. The summed E-state index contributed by atoms with van der Waals surface area (Å²) in [5.41, 5.74) is 0. The molecular weight excluding hydrogens is 248 g/mol. The Morgan fingerprint density at radius 2 is 1.47 bits per heavy atom. The van der Waals surface area contributed by atoms with Crippen LogP contribution in [0.5, 0.6) is 0 Å². The summed E-state index contributed by atoms with van der Waals surface area (Å²) in [6.45, 7) is 4.17. The Bertz CT molecular complexity index is 176. The van der Waals surface area contributed by atoms with E-state index in [1.165, 1.54) is 57.8 Å². The van der Waals surface area contributed by atoms with E-state index in [4.69, 9.17) is 0 Å². The Balaban J connectivity index is 3.06. The van der Waals surface area contributed by atoms with E-state index in [1.807, 2.05) is 6.92 Å². The summed E-state index contributed by atoms with van der Waals surface area (Å²) < 4.78 is 0. The van der Waals surface area contributed by atoms with Crippen LogP contribution in [0.3, 0.4) is 0 Å². The first-order valence-corrected chi connectivity index (χ1v) is 7.29. The van der Waals surface area contributed by atoms with Crippen LogP contribution in [0.25, 0.3) is 0 Å². The van der Waals surface area contributed by atoms with Gasteiger partial charge in [-0.1, -0.05) is 80.1 Å². The van der Waals surface area contributed by atoms with Crippen molar-refractivity contribution in [1.29, 1.82) is 0 Å². The average molecular weight is 273 g/mol. The topological polar surface area (TPSA) is 0 Å². The van der Waals surface area contributed by atoms with Gasteiger partial charge in [-0.15, -0.1) is 5.92 Å².